The monoisotopic (exact) mass is 1080 g/mol. The molecule has 0 fully saturated rings. The van der Waals surface area contributed by atoms with Crippen LogP contribution in [0.25, 0.3) is 89.7 Å². The van der Waals surface area contributed by atoms with E-state index in [1.165, 1.54) is 0 Å². The molecular formula is C64H80CoN8O4. The van der Waals surface area contributed by atoms with Gasteiger partial charge in [-0.1, -0.05) is 181 Å². The SMILES string of the molecule is CCCCC(CC)COc1cccc2c1-c1nc-2nc2[n-]c(nc3nc(nc4[n-]c(n1)c1cccc(OCC(CC)CCCC)c41)-c1cccc(OCC(CC)CCCC)c1-3)c1c(OCC(CC)CCCC)cccc21.[Co+2]. The van der Waals surface area contributed by atoms with Gasteiger partial charge >= 0.3 is 16.8 Å². The van der Waals surface area contributed by atoms with E-state index in [4.69, 9.17) is 58.8 Å². The van der Waals surface area contributed by atoms with Gasteiger partial charge in [-0.3, -0.25) is 0 Å². The van der Waals surface area contributed by atoms with E-state index in [0.29, 0.717) is 119 Å². The molecule has 1 radical (unpaired) electrons. The molecule has 5 heterocycles. The third-order valence-electron chi connectivity index (χ3n) is 15.7. The third kappa shape index (κ3) is 12.9. The van der Waals surface area contributed by atoms with Crippen LogP contribution < -0.4 is 28.9 Å². The summed E-state index contributed by atoms with van der Waals surface area (Å²) in [5.74, 6) is 6.26. The molecule has 9 rings (SSSR count). The molecule has 4 atom stereocenters. The minimum absolute atomic E-state index is 0. The summed E-state index contributed by atoms with van der Waals surface area (Å²) in [6.07, 6.45) is 17.7. The van der Waals surface area contributed by atoms with E-state index >= 15 is 0 Å². The van der Waals surface area contributed by atoms with Crippen LogP contribution in [-0.4, -0.2) is 56.3 Å². The molecule has 409 valence electrons. The fourth-order valence-corrected chi connectivity index (χ4v) is 10.6. The van der Waals surface area contributed by atoms with Crippen molar-refractivity contribution in [1.29, 1.82) is 0 Å². The quantitative estimate of drug-likeness (QED) is 0.0461. The van der Waals surface area contributed by atoms with Crippen LogP contribution in [0.1, 0.15) is 158 Å². The zero-order valence-electron chi connectivity index (χ0n) is 46.9. The fraction of sp³-hybridized carbons (Fsp3) is 0.500. The average Bonchev–Trinajstić information content (AvgIpc) is 4.27. The molecule has 77 heavy (non-hydrogen) atoms. The van der Waals surface area contributed by atoms with Crippen molar-refractivity contribution in [2.75, 3.05) is 26.4 Å². The zero-order chi connectivity index (χ0) is 53.0. The molecular weight excluding hydrogens is 1000 g/mol. The van der Waals surface area contributed by atoms with Gasteiger partial charge in [-0.15, -0.1) is 0 Å². The summed E-state index contributed by atoms with van der Waals surface area (Å²) >= 11 is 0. The van der Waals surface area contributed by atoms with Gasteiger partial charge in [0, 0.05) is 44.5 Å². The van der Waals surface area contributed by atoms with Crippen molar-refractivity contribution < 1.29 is 35.7 Å². The van der Waals surface area contributed by atoms with Crippen molar-refractivity contribution >= 4 is 44.1 Å². The number of hydrogen-bond donors (Lipinski definition) is 0. The average molecular weight is 1080 g/mol. The van der Waals surface area contributed by atoms with Gasteiger partial charge in [-0.2, -0.15) is 0 Å². The van der Waals surface area contributed by atoms with E-state index in [2.05, 4.69) is 55.4 Å². The van der Waals surface area contributed by atoms with Gasteiger partial charge in [-0.25, -0.2) is 9.97 Å². The topological polar surface area (TPSA) is 142 Å². The first-order chi connectivity index (χ1) is 37.3. The fourth-order valence-electron chi connectivity index (χ4n) is 10.6. The molecule has 2 aliphatic rings. The van der Waals surface area contributed by atoms with Crippen molar-refractivity contribution in [2.24, 2.45) is 23.7 Å². The number of hydrogen-bond acceptors (Lipinski definition) is 10. The Morgan fingerprint density at radius 2 is 0.675 bits per heavy atom. The molecule has 0 N–H and O–H groups in total. The third-order valence-corrected chi connectivity index (χ3v) is 15.7. The van der Waals surface area contributed by atoms with Crippen LogP contribution >= 0.6 is 0 Å². The predicted molar refractivity (Wildman–Crippen MR) is 309 cm³/mol. The van der Waals surface area contributed by atoms with Crippen molar-refractivity contribution in [1.82, 2.24) is 39.9 Å². The number of fused-ring (bicyclic) bond motifs is 20. The van der Waals surface area contributed by atoms with Gasteiger partial charge in [0.2, 0.25) is 0 Å². The van der Waals surface area contributed by atoms with Gasteiger partial charge in [0.05, 0.1) is 60.9 Å². The number of unbranched alkanes of at least 4 members (excludes halogenated alkanes) is 4. The Morgan fingerprint density at radius 1 is 0.364 bits per heavy atom. The summed E-state index contributed by atoms with van der Waals surface area (Å²) in [6, 6.07) is 24.3. The predicted octanol–water partition coefficient (Wildman–Crippen LogP) is 16.5. The van der Waals surface area contributed by atoms with Crippen LogP contribution in [0, 0.1) is 23.7 Å². The Hall–Kier alpha value is -6.05. The molecule has 4 unspecified atom stereocenters. The van der Waals surface area contributed by atoms with Gasteiger partial charge < -0.3 is 48.9 Å². The largest absolute Gasteiger partial charge is 2.00 e. The van der Waals surface area contributed by atoms with Crippen LogP contribution in [0.4, 0.5) is 0 Å². The molecule has 7 aromatic rings. The van der Waals surface area contributed by atoms with Crippen molar-refractivity contribution in [3.05, 3.63) is 72.8 Å². The maximum absolute atomic E-state index is 6.83. The smallest absolute Gasteiger partial charge is 0.493 e. The summed E-state index contributed by atoms with van der Waals surface area (Å²) in [6.45, 7) is 20.2. The summed E-state index contributed by atoms with van der Waals surface area (Å²) in [7, 11) is 0. The molecule has 8 bridgehead atoms. The molecule has 3 aromatic heterocycles. The van der Waals surface area contributed by atoms with Crippen LogP contribution in [-0.2, 0) is 16.8 Å². The molecule has 0 saturated heterocycles. The second kappa shape index (κ2) is 27.5. The Labute approximate surface area is 467 Å². The first kappa shape index (κ1) is 57.1. The standard InChI is InChI=1S/C64H80N8O4.Co/c1-9-17-25-41(13-5)37-73-49-33-21-29-45-53(49)61-66-57(45)65-58-46-30-22-35-51(75-39-43(15-7)27-19-11-3)55(46)63(67-58)72-64-56-48(32-24-36-52(56)76-40-44(16-8)28-20-12-4)60(71-64)70-62-54-47(59(68-61)69-62)31-23-34-50(54)74-38-42(14-6)26-18-10-2;/h21-24,29-36,41-44H,9-20,25-28,37-40H2,1-8H3;/q-2;+2. The summed E-state index contributed by atoms with van der Waals surface area (Å²) < 4.78 is 27.3. The Kier molecular flexibility index (Phi) is 20.4. The molecule has 0 amide bonds. The number of benzene rings is 4. The minimum atomic E-state index is 0. The van der Waals surface area contributed by atoms with Crippen LogP contribution in [0.5, 0.6) is 23.0 Å². The molecule has 13 heteroatoms. The number of aromatic nitrogens is 8. The van der Waals surface area contributed by atoms with Gasteiger partial charge in [0.25, 0.3) is 0 Å². The summed E-state index contributed by atoms with van der Waals surface area (Å²) in [5, 5.41) is 3.11. The second-order valence-electron chi connectivity index (χ2n) is 21.1. The van der Waals surface area contributed by atoms with Crippen molar-refractivity contribution in [3.8, 4) is 68.5 Å². The van der Waals surface area contributed by atoms with E-state index in [1.54, 1.807) is 0 Å². The summed E-state index contributed by atoms with van der Waals surface area (Å²) in [5.41, 5.74) is 4.94. The molecule has 12 nitrogen and oxygen atoms in total. The van der Waals surface area contributed by atoms with E-state index in [-0.39, 0.29) is 16.8 Å². The maximum atomic E-state index is 6.83. The molecule has 2 aliphatic heterocycles. The van der Waals surface area contributed by atoms with Gasteiger partial charge in [0.1, 0.15) is 23.0 Å². The van der Waals surface area contributed by atoms with Crippen LogP contribution in [0.2, 0.25) is 0 Å². The number of ether oxygens (including phenoxy) is 4. The van der Waals surface area contributed by atoms with E-state index < -0.39 is 0 Å². The Bertz CT molecular complexity index is 3240. The first-order valence-electron chi connectivity index (χ1n) is 29.1. The summed E-state index contributed by atoms with van der Waals surface area (Å²) in [4.78, 5) is 42.8. The number of rotatable bonds is 28. The Morgan fingerprint density at radius 3 is 1.04 bits per heavy atom. The molecule has 0 saturated carbocycles. The minimum Gasteiger partial charge on any atom is -0.493 e. The van der Waals surface area contributed by atoms with E-state index in [1.807, 2.05) is 72.8 Å². The molecule has 4 aromatic carbocycles. The van der Waals surface area contributed by atoms with Crippen LogP contribution in [0.3, 0.4) is 0 Å². The van der Waals surface area contributed by atoms with Gasteiger partial charge in [0.15, 0.2) is 0 Å². The van der Waals surface area contributed by atoms with E-state index in [0.717, 1.165) is 147 Å². The van der Waals surface area contributed by atoms with Crippen molar-refractivity contribution in [2.45, 2.75) is 158 Å². The molecule has 0 spiro atoms. The van der Waals surface area contributed by atoms with Crippen molar-refractivity contribution in [3.63, 3.8) is 0 Å². The van der Waals surface area contributed by atoms with Crippen LogP contribution in [0.15, 0.2) is 72.8 Å². The van der Waals surface area contributed by atoms with E-state index in [9.17, 15) is 0 Å². The molecule has 0 aliphatic carbocycles. The van der Waals surface area contributed by atoms with Gasteiger partial charge in [-0.05, 0) is 84.4 Å². The number of nitrogens with zero attached hydrogens (tertiary/aromatic N) is 8. The normalized spacial score (nSPS) is 13.4. The second-order valence-corrected chi connectivity index (χ2v) is 21.1. The maximum Gasteiger partial charge on any atom is 2.00 e. The first-order valence-corrected chi connectivity index (χ1v) is 29.1. The zero-order valence-corrected chi connectivity index (χ0v) is 48.0. The Balaban J connectivity index is 0.00000784.